The topological polar surface area (TPSA) is 215 Å². The lowest BCUT2D eigenvalue weighted by molar-refractivity contribution is 0.350. The van der Waals surface area contributed by atoms with Gasteiger partial charge in [0.25, 0.3) is 0 Å². The molecule has 7 aromatic carbocycles. The molecule has 0 fully saturated rings. The molecule has 0 aliphatic carbocycles. The van der Waals surface area contributed by atoms with E-state index in [4.69, 9.17) is 10.4 Å². The van der Waals surface area contributed by atoms with Crippen LogP contribution in [0.1, 0.15) is 16.7 Å². The normalized spacial score (nSPS) is 12.1. The van der Waals surface area contributed by atoms with Gasteiger partial charge in [-0.05, 0) is 29.3 Å². The SMILES string of the molecule is N=C(/N=C(\N=C\c1cc(-c2ccccc2)cc2c1sc1c(-n3c4c(O)c(O)c(O)c(O)c4c4c(O)c(O)c(O)c(O)c43)cccc12)c1ccccc1)c1ccccc1. The molecule has 0 radical (unpaired) electrons. The molecule has 284 valence electrons. The van der Waals surface area contributed by atoms with Gasteiger partial charge in [0.2, 0.25) is 23.0 Å². The Balaban J connectivity index is 1.35. The summed E-state index contributed by atoms with van der Waals surface area (Å²) in [6.07, 6.45) is 1.68. The molecule has 12 nitrogen and oxygen atoms in total. The van der Waals surface area contributed by atoms with Crippen LogP contribution in [-0.4, -0.2) is 63.3 Å². The molecule has 9 rings (SSSR count). The van der Waals surface area contributed by atoms with E-state index in [1.807, 2.05) is 97.1 Å². The molecule has 2 heterocycles. The van der Waals surface area contributed by atoms with E-state index in [2.05, 4.69) is 4.99 Å². The fraction of sp³-hybridized carbons (Fsp3) is 0. The first kappa shape index (κ1) is 35.7. The largest absolute Gasteiger partial charge is 0.504 e. The van der Waals surface area contributed by atoms with Crippen LogP contribution >= 0.6 is 11.3 Å². The molecule has 0 aliphatic heterocycles. The van der Waals surface area contributed by atoms with Gasteiger partial charge in [0.1, 0.15) is 11.0 Å². The van der Waals surface area contributed by atoms with Crippen LogP contribution in [0.2, 0.25) is 0 Å². The number of aromatic nitrogens is 1. The van der Waals surface area contributed by atoms with Crippen LogP contribution in [0.3, 0.4) is 0 Å². The van der Waals surface area contributed by atoms with Crippen LogP contribution in [-0.2, 0) is 0 Å². The first-order valence-corrected chi connectivity index (χ1v) is 18.5. The van der Waals surface area contributed by atoms with E-state index in [1.165, 1.54) is 15.9 Å². The zero-order valence-electron chi connectivity index (χ0n) is 30.0. The molecular formula is C45H30N4O8S. The van der Waals surface area contributed by atoms with Gasteiger partial charge in [-0.1, -0.05) is 103 Å². The number of aliphatic imine (C=N–C) groups is 2. The molecule has 9 N–H and O–H groups in total. The van der Waals surface area contributed by atoms with Crippen LogP contribution < -0.4 is 0 Å². The van der Waals surface area contributed by atoms with Crippen molar-refractivity contribution in [3.63, 3.8) is 0 Å². The molecule has 0 unspecified atom stereocenters. The third-order valence-corrected chi connectivity index (χ3v) is 11.3. The van der Waals surface area contributed by atoms with Crippen LogP contribution in [0.15, 0.2) is 131 Å². The van der Waals surface area contributed by atoms with Crippen molar-refractivity contribution in [3.8, 4) is 62.8 Å². The van der Waals surface area contributed by atoms with Crippen LogP contribution in [0.25, 0.3) is 58.8 Å². The minimum atomic E-state index is -1.11. The Morgan fingerprint density at radius 1 is 0.517 bits per heavy atom. The fourth-order valence-electron chi connectivity index (χ4n) is 7.27. The molecule has 0 amide bonds. The summed E-state index contributed by atoms with van der Waals surface area (Å²) in [6, 6.07) is 37.4. The number of aromatic hydroxyl groups is 8. The Labute approximate surface area is 331 Å². The van der Waals surface area contributed by atoms with Gasteiger partial charge in [-0.25, -0.2) is 9.98 Å². The van der Waals surface area contributed by atoms with Gasteiger partial charge >= 0.3 is 0 Å². The van der Waals surface area contributed by atoms with Crippen LogP contribution in [0.4, 0.5) is 0 Å². The lowest BCUT2D eigenvalue weighted by atomic mass is 9.99. The van der Waals surface area contributed by atoms with Crippen molar-refractivity contribution in [3.05, 3.63) is 138 Å². The zero-order chi connectivity index (χ0) is 40.4. The lowest BCUT2D eigenvalue weighted by Gasteiger charge is -2.13. The average Bonchev–Trinajstić information content (AvgIpc) is 3.83. The number of hydrogen-bond acceptors (Lipinski definition) is 10. The number of thiophene rings is 1. The summed E-state index contributed by atoms with van der Waals surface area (Å²) in [5.41, 5.74) is 3.35. The van der Waals surface area contributed by atoms with E-state index in [9.17, 15) is 40.9 Å². The first-order valence-electron chi connectivity index (χ1n) is 17.7. The number of phenolic OH excluding ortho intramolecular Hbond substituents is 8. The van der Waals surface area contributed by atoms with Crippen LogP contribution in [0, 0.1) is 5.41 Å². The van der Waals surface area contributed by atoms with Gasteiger partial charge < -0.3 is 45.4 Å². The molecule has 0 saturated heterocycles. The average molecular weight is 787 g/mol. The van der Waals surface area contributed by atoms with Crippen molar-refractivity contribution in [1.82, 2.24) is 4.57 Å². The zero-order valence-corrected chi connectivity index (χ0v) is 30.8. The highest BCUT2D eigenvalue weighted by Gasteiger charge is 2.32. The predicted molar refractivity (Wildman–Crippen MR) is 226 cm³/mol. The number of nitrogens with one attached hydrogen (secondary N) is 1. The summed E-state index contributed by atoms with van der Waals surface area (Å²) < 4.78 is 2.56. The summed E-state index contributed by atoms with van der Waals surface area (Å²) in [5.74, 6) is -7.78. The Morgan fingerprint density at radius 2 is 1.05 bits per heavy atom. The maximum Gasteiger partial charge on any atom is 0.206 e. The number of nitrogens with zero attached hydrogens (tertiary/aromatic N) is 3. The molecular weight excluding hydrogens is 757 g/mol. The molecule has 58 heavy (non-hydrogen) atoms. The highest BCUT2D eigenvalue weighted by Crippen LogP contribution is 2.59. The van der Waals surface area contributed by atoms with E-state index >= 15 is 0 Å². The van der Waals surface area contributed by atoms with Gasteiger partial charge in [0.15, 0.2) is 34.7 Å². The molecule has 0 saturated carbocycles. The highest BCUT2D eigenvalue weighted by molar-refractivity contribution is 7.26. The Hall–Kier alpha value is -8.03. The number of rotatable bonds is 5. The van der Waals surface area contributed by atoms with E-state index < -0.39 is 56.8 Å². The van der Waals surface area contributed by atoms with Crippen molar-refractivity contribution < 1.29 is 40.9 Å². The van der Waals surface area contributed by atoms with E-state index in [0.717, 1.165) is 21.2 Å². The molecule has 9 aromatic rings. The van der Waals surface area contributed by atoms with Crippen molar-refractivity contribution in [2.75, 3.05) is 0 Å². The van der Waals surface area contributed by atoms with E-state index in [1.54, 1.807) is 30.5 Å². The minimum absolute atomic E-state index is 0.0276. The second-order valence-corrected chi connectivity index (χ2v) is 14.4. The molecule has 2 aromatic heterocycles. The van der Waals surface area contributed by atoms with Crippen LogP contribution in [0.5, 0.6) is 46.0 Å². The summed E-state index contributed by atoms with van der Waals surface area (Å²) in [5, 5.41) is 96.8. The number of hydrogen-bond donors (Lipinski definition) is 9. The Kier molecular flexibility index (Phi) is 8.37. The van der Waals surface area contributed by atoms with Gasteiger partial charge in [0.05, 0.1) is 21.2 Å². The van der Waals surface area contributed by atoms with E-state index in [0.29, 0.717) is 32.6 Å². The van der Waals surface area contributed by atoms with Gasteiger partial charge in [0, 0.05) is 38.4 Å². The maximum atomic E-state index is 11.3. The number of phenols is 8. The fourth-order valence-corrected chi connectivity index (χ4v) is 8.53. The Morgan fingerprint density at radius 3 is 1.64 bits per heavy atom. The number of benzene rings is 7. The standard InChI is InChI=1S/C45H30N4O8S/c46-44(23-13-6-2-7-14-23)48-45(24-15-8-3-9-16-24)47-21-26-19-25(22-11-4-1-5-12-22)20-28-27-17-10-18-29(43(27)58-42(26)28)49-32-30(34(50)38(54)40(56)36(32)52)31-33(49)37(53)41(57)39(55)35(31)51/h1-21,46,50-57H/b46-44?,47-21+,48-45-. The molecule has 0 bridgehead atoms. The van der Waals surface area contributed by atoms with Crippen molar-refractivity contribution in [1.29, 1.82) is 5.41 Å². The number of fused-ring (bicyclic) bond motifs is 6. The monoisotopic (exact) mass is 786 g/mol. The summed E-state index contributed by atoms with van der Waals surface area (Å²) in [7, 11) is 0. The lowest BCUT2D eigenvalue weighted by Crippen LogP contribution is -2.04. The second-order valence-electron chi connectivity index (χ2n) is 13.4. The summed E-state index contributed by atoms with van der Waals surface area (Å²) in [4.78, 5) is 9.51. The molecule has 0 spiro atoms. The van der Waals surface area contributed by atoms with Gasteiger partial charge in [-0.3, -0.25) is 5.41 Å². The van der Waals surface area contributed by atoms with Gasteiger partial charge in [-0.15, -0.1) is 11.3 Å². The third-order valence-electron chi connectivity index (χ3n) is 10.0. The van der Waals surface area contributed by atoms with E-state index in [-0.39, 0.29) is 22.6 Å². The summed E-state index contributed by atoms with van der Waals surface area (Å²) in [6.45, 7) is 0. The number of amidine groups is 2. The molecule has 0 aliphatic rings. The third kappa shape index (κ3) is 5.48. The molecule has 13 heteroatoms. The van der Waals surface area contributed by atoms with Gasteiger partial charge in [-0.2, -0.15) is 0 Å². The quantitative estimate of drug-likeness (QED) is 0.0354. The van der Waals surface area contributed by atoms with Crippen molar-refractivity contribution in [2.24, 2.45) is 9.98 Å². The second kappa shape index (κ2) is 13.6. The highest BCUT2D eigenvalue weighted by atomic mass is 32.1. The first-order chi connectivity index (χ1) is 28.0. The smallest absolute Gasteiger partial charge is 0.206 e. The van der Waals surface area contributed by atoms with Crippen molar-refractivity contribution >= 4 is 71.2 Å². The maximum absolute atomic E-state index is 11.3. The predicted octanol–water partition coefficient (Wildman–Crippen LogP) is 9.35. The molecule has 0 atom stereocenters. The Bertz CT molecular complexity index is 3140. The van der Waals surface area contributed by atoms with Crippen molar-refractivity contribution in [2.45, 2.75) is 0 Å². The minimum Gasteiger partial charge on any atom is -0.504 e. The summed E-state index contributed by atoms with van der Waals surface area (Å²) >= 11 is 1.32.